The van der Waals surface area contributed by atoms with Crippen LogP contribution in [0, 0.1) is 5.92 Å². The van der Waals surface area contributed by atoms with Crippen LogP contribution in [0.15, 0.2) is 42.5 Å². The fourth-order valence-electron chi connectivity index (χ4n) is 3.90. The molecular weight excluding hydrogens is 404 g/mol. The zero-order chi connectivity index (χ0) is 20.9. The van der Waals surface area contributed by atoms with Crippen molar-refractivity contribution in [3.63, 3.8) is 0 Å². The van der Waals surface area contributed by atoms with Gasteiger partial charge >= 0.3 is 0 Å². The van der Waals surface area contributed by atoms with Gasteiger partial charge in [-0.05, 0) is 62.3 Å². The highest BCUT2D eigenvalue weighted by molar-refractivity contribution is 6.30. The minimum atomic E-state index is -0.0354. The number of Topliss-reactive ketones (excluding diaryl/α,β-unsaturated/α-hetero) is 1. The smallest absolute Gasteiger partial charge is 0.225 e. The van der Waals surface area contributed by atoms with Gasteiger partial charge in [0.05, 0.1) is 0 Å². The Morgan fingerprint density at radius 3 is 2.57 bits per heavy atom. The lowest BCUT2D eigenvalue weighted by molar-refractivity contribution is -0.116. The molecular formula is C23H25ClN2O4. The second-order valence-electron chi connectivity index (χ2n) is 7.65. The van der Waals surface area contributed by atoms with Crippen LogP contribution in [0.1, 0.15) is 29.6 Å². The van der Waals surface area contributed by atoms with Gasteiger partial charge in [-0.2, -0.15) is 0 Å². The van der Waals surface area contributed by atoms with E-state index in [0.29, 0.717) is 54.0 Å². The monoisotopic (exact) mass is 428 g/mol. The van der Waals surface area contributed by atoms with E-state index in [2.05, 4.69) is 10.2 Å². The van der Waals surface area contributed by atoms with Crippen LogP contribution in [0.3, 0.4) is 0 Å². The summed E-state index contributed by atoms with van der Waals surface area (Å²) in [6.45, 7) is 3.35. The zero-order valence-corrected chi connectivity index (χ0v) is 17.5. The van der Waals surface area contributed by atoms with Crippen LogP contribution in [0.25, 0.3) is 0 Å². The summed E-state index contributed by atoms with van der Waals surface area (Å²) in [4.78, 5) is 27.3. The Kier molecular flexibility index (Phi) is 6.55. The van der Waals surface area contributed by atoms with E-state index in [1.54, 1.807) is 24.3 Å². The Bertz CT molecular complexity index is 925. The highest BCUT2D eigenvalue weighted by Gasteiger charge is 2.27. The van der Waals surface area contributed by atoms with Crippen molar-refractivity contribution < 1.29 is 19.1 Å². The van der Waals surface area contributed by atoms with Crippen molar-refractivity contribution in [1.29, 1.82) is 0 Å². The van der Waals surface area contributed by atoms with Crippen molar-refractivity contribution in [2.45, 2.75) is 19.3 Å². The van der Waals surface area contributed by atoms with Crippen LogP contribution >= 0.6 is 11.6 Å². The number of ether oxygens (including phenoxy) is 2. The molecule has 0 radical (unpaired) electrons. The number of anilines is 1. The Morgan fingerprint density at radius 2 is 1.80 bits per heavy atom. The molecule has 0 bridgehead atoms. The number of rotatable bonds is 6. The maximum atomic E-state index is 12.9. The number of carbonyl (C=O) groups is 2. The summed E-state index contributed by atoms with van der Waals surface area (Å²) in [6, 6.07) is 12.6. The van der Waals surface area contributed by atoms with Gasteiger partial charge in [-0.25, -0.2) is 0 Å². The molecule has 0 saturated carbocycles. The van der Waals surface area contributed by atoms with E-state index < -0.39 is 0 Å². The summed E-state index contributed by atoms with van der Waals surface area (Å²) in [6.07, 6.45) is 2.00. The van der Waals surface area contributed by atoms with E-state index >= 15 is 0 Å². The molecule has 4 rings (SSSR count). The molecule has 0 aromatic heterocycles. The Labute approximate surface area is 181 Å². The second kappa shape index (κ2) is 9.49. The van der Waals surface area contributed by atoms with Crippen molar-refractivity contribution in [2.75, 3.05) is 38.2 Å². The Balaban J connectivity index is 1.23. The number of ketones is 1. The molecule has 6 nitrogen and oxygen atoms in total. The maximum absolute atomic E-state index is 12.9. The molecule has 0 unspecified atom stereocenters. The van der Waals surface area contributed by atoms with Crippen molar-refractivity contribution in [3.8, 4) is 11.5 Å². The molecule has 1 fully saturated rings. The highest BCUT2D eigenvalue weighted by atomic mass is 35.5. The number of benzene rings is 2. The van der Waals surface area contributed by atoms with E-state index in [4.69, 9.17) is 21.1 Å². The molecule has 2 aromatic rings. The highest BCUT2D eigenvalue weighted by Crippen LogP contribution is 2.32. The van der Waals surface area contributed by atoms with Gasteiger partial charge in [-0.3, -0.25) is 9.59 Å². The summed E-state index contributed by atoms with van der Waals surface area (Å²) in [5.41, 5.74) is 1.38. The van der Waals surface area contributed by atoms with Gasteiger partial charge in [0.25, 0.3) is 0 Å². The standard InChI is InChI=1S/C23H25ClN2O4/c24-18-2-1-3-19(15-18)25-22(27)8-11-26-9-6-16(7-10-26)23(28)17-4-5-20-21(14-17)30-13-12-29-20/h1-5,14-16H,6-13H2,(H,25,27). The number of halogens is 1. The fraction of sp³-hybridized carbons (Fsp3) is 0.391. The van der Waals surface area contributed by atoms with E-state index in [0.717, 1.165) is 25.9 Å². The zero-order valence-electron chi connectivity index (χ0n) is 16.7. The van der Waals surface area contributed by atoms with Crippen LogP contribution in [0.4, 0.5) is 5.69 Å². The number of hydrogen-bond donors (Lipinski definition) is 1. The normalized spacial score (nSPS) is 16.8. The quantitative estimate of drug-likeness (QED) is 0.703. The molecule has 2 aliphatic heterocycles. The molecule has 158 valence electrons. The van der Waals surface area contributed by atoms with E-state index in [1.807, 2.05) is 18.2 Å². The third-order valence-corrected chi connectivity index (χ3v) is 5.78. The number of piperidine rings is 1. The van der Waals surface area contributed by atoms with E-state index in [-0.39, 0.29) is 17.6 Å². The molecule has 2 heterocycles. The summed E-state index contributed by atoms with van der Waals surface area (Å²) >= 11 is 5.95. The third-order valence-electron chi connectivity index (χ3n) is 5.55. The van der Waals surface area contributed by atoms with Gasteiger partial charge in [-0.1, -0.05) is 17.7 Å². The van der Waals surface area contributed by atoms with Gasteiger partial charge in [0.15, 0.2) is 17.3 Å². The van der Waals surface area contributed by atoms with Crippen molar-refractivity contribution >= 4 is 29.0 Å². The van der Waals surface area contributed by atoms with Crippen LogP contribution < -0.4 is 14.8 Å². The van der Waals surface area contributed by atoms with Crippen LogP contribution in [0.5, 0.6) is 11.5 Å². The first-order valence-electron chi connectivity index (χ1n) is 10.3. The topological polar surface area (TPSA) is 67.9 Å². The molecule has 0 aliphatic carbocycles. The van der Waals surface area contributed by atoms with Gasteiger partial charge in [-0.15, -0.1) is 0 Å². The van der Waals surface area contributed by atoms with Crippen LogP contribution in [-0.4, -0.2) is 49.4 Å². The number of likely N-dealkylation sites (tertiary alicyclic amines) is 1. The molecule has 2 aromatic carbocycles. The lowest BCUT2D eigenvalue weighted by atomic mass is 9.88. The first-order valence-corrected chi connectivity index (χ1v) is 10.7. The maximum Gasteiger partial charge on any atom is 0.225 e. The summed E-state index contributed by atoms with van der Waals surface area (Å²) in [7, 11) is 0. The lowest BCUT2D eigenvalue weighted by Crippen LogP contribution is -2.38. The van der Waals surface area contributed by atoms with Gasteiger partial charge in [0, 0.05) is 35.2 Å². The lowest BCUT2D eigenvalue weighted by Gasteiger charge is -2.31. The predicted molar refractivity (Wildman–Crippen MR) is 116 cm³/mol. The number of nitrogens with zero attached hydrogens (tertiary/aromatic N) is 1. The SMILES string of the molecule is O=C(CCN1CCC(C(=O)c2ccc3c(c2)OCCO3)CC1)Nc1cccc(Cl)c1. The molecule has 2 aliphatic rings. The van der Waals surface area contributed by atoms with E-state index in [1.165, 1.54) is 0 Å². The molecule has 1 N–H and O–H groups in total. The Morgan fingerprint density at radius 1 is 1.03 bits per heavy atom. The van der Waals surface area contributed by atoms with Crippen LogP contribution in [0.2, 0.25) is 5.02 Å². The van der Waals surface area contributed by atoms with Gasteiger partial charge < -0.3 is 19.7 Å². The largest absolute Gasteiger partial charge is 0.486 e. The third kappa shape index (κ3) is 5.12. The minimum absolute atomic E-state index is 0.00379. The molecule has 30 heavy (non-hydrogen) atoms. The first kappa shape index (κ1) is 20.7. The second-order valence-corrected chi connectivity index (χ2v) is 8.08. The number of nitrogens with one attached hydrogen (secondary N) is 1. The molecule has 0 spiro atoms. The summed E-state index contributed by atoms with van der Waals surface area (Å²) in [5.74, 6) is 1.47. The number of carbonyl (C=O) groups excluding carboxylic acids is 2. The number of hydrogen-bond acceptors (Lipinski definition) is 5. The van der Waals surface area contributed by atoms with Crippen molar-refractivity contribution in [1.82, 2.24) is 4.90 Å². The van der Waals surface area contributed by atoms with Crippen LogP contribution in [-0.2, 0) is 4.79 Å². The number of fused-ring (bicyclic) bond motifs is 1. The molecule has 7 heteroatoms. The van der Waals surface area contributed by atoms with Crippen molar-refractivity contribution in [3.05, 3.63) is 53.1 Å². The predicted octanol–water partition coefficient (Wildman–Crippen LogP) is 4.03. The van der Waals surface area contributed by atoms with Gasteiger partial charge in [0.1, 0.15) is 13.2 Å². The van der Waals surface area contributed by atoms with Crippen molar-refractivity contribution in [2.24, 2.45) is 5.92 Å². The Hall–Kier alpha value is -2.57. The molecule has 0 atom stereocenters. The number of amides is 1. The minimum Gasteiger partial charge on any atom is -0.486 e. The van der Waals surface area contributed by atoms with E-state index in [9.17, 15) is 9.59 Å². The molecule has 1 saturated heterocycles. The average molecular weight is 429 g/mol. The average Bonchev–Trinajstić information content (AvgIpc) is 2.77. The fourth-order valence-corrected chi connectivity index (χ4v) is 4.09. The first-order chi connectivity index (χ1) is 14.6. The molecule has 1 amide bonds. The summed E-state index contributed by atoms with van der Waals surface area (Å²) < 4.78 is 11.1. The summed E-state index contributed by atoms with van der Waals surface area (Å²) in [5, 5.41) is 3.46. The van der Waals surface area contributed by atoms with Gasteiger partial charge in [0.2, 0.25) is 5.91 Å².